The predicted molar refractivity (Wildman–Crippen MR) is 77.0 cm³/mol. The van der Waals surface area contributed by atoms with E-state index in [0.717, 1.165) is 16.7 Å². The van der Waals surface area contributed by atoms with E-state index in [1.54, 1.807) is 6.20 Å². The number of aromatic nitrogens is 2. The van der Waals surface area contributed by atoms with E-state index in [9.17, 15) is 4.79 Å². The molecule has 5 heteroatoms. The monoisotopic (exact) mass is 273 g/mol. The third-order valence-electron chi connectivity index (χ3n) is 3.12. The number of carbonyl (C=O) groups excluding carboxylic acids is 1. The van der Waals surface area contributed by atoms with E-state index in [4.69, 9.17) is 4.74 Å². The molecule has 5 nitrogen and oxygen atoms in total. The quantitative estimate of drug-likeness (QED) is 0.843. The molecule has 20 heavy (non-hydrogen) atoms. The van der Waals surface area contributed by atoms with Gasteiger partial charge in [-0.3, -0.25) is 15.1 Å². The SMILES string of the molecule is COC(=O)C(NCc1cnc2ccccc2n1)C(C)C. The highest BCUT2D eigenvalue weighted by Crippen LogP contribution is 2.09. The van der Waals surface area contributed by atoms with Crippen LogP contribution in [0, 0.1) is 5.92 Å². The molecule has 106 valence electrons. The number of fused-ring (bicyclic) bond motifs is 1. The van der Waals surface area contributed by atoms with Gasteiger partial charge in [-0.25, -0.2) is 4.98 Å². The van der Waals surface area contributed by atoms with Crippen molar-refractivity contribution < 1.29 is 9.53 Å². The Morgan fingerprint density at radius 3 is 2.65 bits per heavy atom. The van der Waals surface area contributed by atoms with Crippen molar-refractivity contribution in [3.8, 4) is 0 Å². The van der Waals surface area contributed by atoms with Crippen LogP contribution in [0.5, 0.6) is 0 Å². The summed E-state index contributed by atoms with van der Waals surface area (Å²) in [6.07, 6.45) is 1.73. The fraction of sp³-hybridized carbons (Fsp3) is 0.400. The molecule has 0 radical (unpaired) electrons. The van der Waals surface area contributed by atoms with E-state index in [1.807, 2.05) is 38.1 Å². The first-order valence-corrected chi connectivity index (χ1v) is 6.63. The number of hydrogen-bond donors (Lipinski definition) is 1. The van der Waals surface area contributed by atoms with Gasteiger partial charge in [-0.1, -0.05) is 26.0 Å². The Balaban J connectivity index is 2.09. The number of rotatable bonds is 5. The van der Waals surface area contributed by atoms with Gasteiger partial charge in [0.25, 0.3) is 0 Å². The lowest BCUT2D eigenvalue weighted by molar-refractivity contribution is -0.144. The van der Waals surface area contributed by atoms with Gasteiger partial charge in [-0.05, 0) is 18.1 Å². The van der Waals surface area contributed by atoms with E-state index in [1.165, 1.54) is 7.11 Å². The molecule has 1 N–H and O–H groups in total. The van der Waals surface area contributed by atoms with Crippen LogP contribution in [0.1, 0.15) is 19.5 Å². The Morgan fingerprint density at radius 2 is 2.00 bits per heavy atom. The fourth-order valence-corrected chi connectivity index (χ4v) is 2.01. The van der Waals surface area contributed by atoms with E-state index in [2.05, 4.69) is 15.3 Å². The van der Waals surface area contributed by atoms with Crippen LogP contribution in [0.15, 0.2) is 30.5 Å². The first-order chi connectivity index (χ1) is 9.61. The molecule has 0 saturated carbocycles. The molecule has 1 heterocycles. The summed E-state index contributed by atoms with van der Waals surface area (Å²) in [5.41, 5.74) is 2.52. The lowest BCUT2D eigenvalue weighted by atomic mass is 10.0. The topological polar surface area (TPSA) is 64.1 Å². The van der Waals surface area contributed by atoms with Crippen molar-refractivity contribution in [2.45, 2.75) is 26.4 Å². The zero-order valence-corrected chi connectivity index (χ0v) is 12.0. The summed E-state index contributed by atoms with van der Waals surface area (Å²) in [7, 11) is 1.40. The molecule has 2 rings (SSSR count). The molecular formula is C15H19N3O2. The maximum absolute atomic E-state index is 11.7. The van der Waals surface area contributed by atoms with Crippen LogP contribution in [-0.2, 0) is 16.1 Å². The first kappa shape index (κ1) is 14.4. The van der Waals surface area contributed by atoms with Gasteiger partial charge >= 0.3 is 5.97 Å². The summed E-state index contributed by atoms with van der Waals surface area (Å²) in [6, 6.07) is 7.37. The molecule has 1 aromatic carbocycles. The number of benzene rings is 1. The third-order valence-corrected chi connectivity index (χ3v) is 3.12. The normalized spacial score (nSPS) is 12.6. The lowest BCUT2D eigenvalue weighted by Crippen LogP contribution is -2.41. The molecular weight excluding hydrogens is 254 g/mol. The third kappa shape index (κ3) is 3.30. The Kier molecular flexibility index (Phi) is 4.63. The maximum Gasteiger partial charge on any atom is 0.323 e. The van der Waals surface area contributed by atoms with Gasteiger partial charge in [0.05, 0.1) is 30.0 Å². The van der Waals surface area contributed by atoms with Gasteiger partial charge in [-0.15, -0.1) is 0 Å². The van der Waals surface area contributed by atoms with E-state index in [0.29, 0.717) is 6.54 Å². The zero-order chi connectivity index (χ0) is 14.5. The Bertz CT molecular complexity index is 598. The highest BCUT2D eigenvalue weighted by Gasteiger charge is 2.22. The van der Waals surface area contributed by atoms with E-state index >= 15 is 0 Å². The van der Waals surface area contributed by atoms with Crippen LogP contribution >= 0.6 is 0 Å². The lowest BCUT2D eigenvalue weighted by Gasteiger charge is -2.19. The van der Waals surface area contributed by atoms with Crippen LogP contribution < -0.4 is 5.32 Å². The summed E-state index contributed by atoms with van der Waals surface area (Å²) in [5.74, 6) is -0.107. The number of para-hydroxylation sites is 2. The first-order valence-electron chi connectivity index (χ1n) is 6.63. The van der Waals surface area contributed by atoms with Crippen molar-refractivity contribution in [3.63, 3.8) is 0 Å². The van der Waals surface area contributed by atoms with Gasteiger partial charge in [-0.2, -0.15) is 0 Å². The smallest absolute Gasteiger partial charge is 0.323 e. The molecule has 1 unspecified atom stereocenters. The van der Waals surface area contributed by atoms with Crippen molar-refractivity contribution in [2.24, 2.45) is 5.92 Å². The summed E-state index contributed by atoms with van der Waals surface area (Å²) in [4.78, 5) is 20.5. The van der Waals surface area contributed by atoms with Crippen LogP contribution in [-0.4, -0.2) is 29.1 Å². The highest BCUT2D eigenvalue weighted by molar-refractivity contribution is 5.76. The molecule has 0 amide bonds. The molecule has 0 aliphatic heterocycles. The Hall–Kier alpha value is -2.01. The fourth-order valence-electron chi connectivity index (χ4n) is 2.01. The Morgan fingerprint density at radius 1 is 1.30 bits per heavy atom. The van der Waals surface area contributed by atoms with Gasteiger partial charge in [0, 0.05) is 6.54 Å². The van der Waals surface area contributed by atoms with Crippen LogP contribution in [0.4, 0.5) is 0 Å². The minimum atomic E-state index is -0.340. The standard InChI is InChI=1S/C15H19N3O2/c1-10(2)14(15(19)20-3)17-9-11-8-16-12-6-4-5-7-13(12)18-11/h4-8,10,14,17H,9H2,1-3H3. The second kappa shape index (κ2) is 6.43. The molecule has 1 atom stereocenters. The van der Waals surface area contributed by atoms with Gasteiger partial charge in [0.2, 0.25) is 0 Å². The molecule has 0 bridgehead atoms. The van der Waals surface area contributed by atoms with Crippen molar-refractivity contribution in [1.82, 2.24) is 15.3 Å². The van der Waals surface area contributed by atoms with Crippen molar-refractivity contribution in [3.05, 3.63) is 36.2 Å². The average molecular weight is 273 g/mol. The maximum atomic E-state index is 11.7. The second-order valence-electron chi connectivity index (χ2n) is 4.98. The largest absolute Gasteiger partial charge is 0.468 e. The zero-order valence-electron chi connectivity index (χ0n) is 12.0. The van der Waals surface area contributed by atoms with Crippen LogP contribution in [0.2, 0.25) is 0 Å². The summed E-state index contributed by atoms with van der Waals surface area (Å²) < 4.78 is 4.79. The number of hydrogen-bond acceptors (Lipinski definition) is 5. The highest BCUT2D eigenvalue weighted by atomic mass is 16.5. The van der Waals surface area contributed by atoms with Gasteiger partial charge in [0.1, 0.15) is 6.04 Å². The average Bonchev–Trinajstić information content (AvgIpc) is 2.46. The molecule has 0 fully saturated rings. The van der Waals surface area contributed by atoms with E-state index < -0.39 is 0 Å². The Labute approximate surface area is 118 Å². The molecule has 0 aliphatic rings. The number of esters is 1. The van der Waals surface area contributed by atoms with Crippen molar-refractivity contribution in [1.29, 1.82) is 0 Å². The van der Waals surface area contributed by atoms with E-state index in [-0.39, 0.29) is 17.9 Å². The predicted octanol–water partition coefficient (Wildman–Crippen LogP) is 1.92. The molecule has 2 aromatic rings. The van der Waals surface area contributed by atoms with Crippen molar-refractivity contribution in [2.75, 3.05) is 7.11 Å². The number of carbonyl (C=O) groups is 1. The summed E-state index contributed by atoms with van der Waals surface area (Å²) in [6.45, 7) is 4.43. The minimum Gasteiger partial charge on any atom is -0.468 e. The number of nitrogens with zero attached hydrogens (tertiary/aromatic N) is 2. The summed E-state index contributed by atoms with van der Waals surface area (Å²) in [5, 5.41) is 3.17. The van der Waals surface area contributed by atoms with Gasteiger partial charge < -0.3 is 4.74 Å². The van der Waals surface area contributed by atoms with Crippen LogP contribution in [0.25, 0.3) is 11.0 Å². The van der Waals surface area contributed by atoms with Crippen LogP contribution in [0.3, 0.4) is 0 Å². The summed E-state index contributed by atoms with van der Waals surface area (Å²) >= 11 is 0. The number of ether oxygens (including phenoxy) is 1. The van der Waals surface area contributed by atoms with Crippen molar-refractivity contribution >= 4 is 17.0 Å². The molecule has 0 saturated heterocycles. The minimum absolute atomic E-state index is 0.149. The molecule has 0 spiro atoms. The second-order valence-corrected chi connectivity index (χ2v) is 4.98. The van der Waals surface area contributed by atoms with Gasteiger partial charge in [0.15, 0.2) is 0 Å². The molecule has 0 aliphatic carbocycles. The number of methoxy groups -OCH3 is 1. The number of nitrogens with one attached hydrogen (secondary N) is 1. The molecule has 1 aromatic heterocycles.